The first-order valence-corrected chi connectivity index (χ1v) is 8.22. The van der Waals surface area contributed by atoms with Gasteiger partial charge in [0.05, 0.1) is 6.54 Å². The van der Waals surface area contributed by atoms with E-state index in [0.29, 0.717) is 13.2 Å². The number of piperazine rings is 1. The van der Waals surface area contributed by atoms with Crippen molar-refractivity contribution in [2.75, 3.05) is 70.2 Å². The first-order chi connectivity index (χ1) is 11.2. The summed E-state index contributed by atoms with van der Waals surface area (Å²) in [7, 11) is 3.83. The van der Waals surface area contributed by atoms with Crippen LogP contribution in [0.1, 0.15) is 6.42 Å². The van der Waals surface area contributed by atoms with Crippen molar-refractivity contribution in [3.05, 3.63) is 24.3 Å². The fourth-order valence-electron chi connectivity index (χ4n) is 2.57. The predicted octanol–water partition coefficient (Wildman–Crippen LogP) is 1.00. The molecule has 23 heavy (non-hydrogen) atoms. The molecule has 1 aromatic rings. The maximum absolute atomic E-state index is 11.8. The number of hydrogen-bond acceptors (Lipinski definition) is 5. The number of amides is 1. The molecule has 0 bridgehead atoms. The third-order valence-corrected chi connectivity index (χ3v) is 4.01. The Hall–Kier alpha value is -1.63. The van der Waals surface area contributed by atoms with Gasteiger partial charge < -0.3 is 25.2 Å². The van der Waals surface area contributed by atoms with Gasteiger partial charge >= 0.3 is 0 Å². The normalized spacial score (nSPS) is 15.7. The summed E-state index contributed by atoms with van der Waals surface area (Å²) in [6.45, 7) is 6.09. The molecular weight excluding hydrogens is 292 g/mol. The molecule has 1 aliphatic heterocycles. The first kappa shape index (κ1) is 17.7. The van der Waals surface area contributed by atoms with Crippen LogP contribution in [0.3, 0.4) is 0 Å². The number of nitrogens with zero attached hydrogens (tertiary/aromatic N) is 2. The van der Waals surface area contributed by atoms with E-state index in [0.717, 1.165) is 44.8 Å². The number of rotatable bonds is 8. The van der Waals surface area contributed by atoms with Crippen molar-refractivity contribution >= 4 is 17.3 Å². The van der Waals surface area contributed by atoms with Crippen molar-refractivity contribution in [3.8, 4) is 0 Å². The summed E-state index contributed by atoms with van der Waals surface area (Å²) in [4.78, 5) is 16.6. The number of likely N-dealkylation sites (N-methyl/N-ethyl adjacent to an activating group) is 1. The maximum atomic E-state index is 11.8. The molecule has 0 aliphatic carbocycles. The lowest BCUT2D eigenvalue weighted by Crippen LogP contribution is -2.44. The van der Waals surface area contributed by atoms with Crippen molar-refractivity contribution in [1.29, 1.82) is 0 Å². The van der Waals surface area contributed by atoms with Crippen LogP contribution in [0.15, 0.2) is 24.3 Å². The molecule has 1 heterocycles. The molecule has 128 valence electrons. The van der Waals surface area contributed by atoms with Gasteiger partial charge in [-0.3, -0.25) is 4.79 Å². The molecule has 1 amide bonds. The molecule has 2 N–H and O–H groups in total. The highest BCUT2D eigenvalue weighted by Crippen LogP contribution is 2.19. The quantitative estimate of drug-likeness (QED) is 0.700. The topological polar surface area (TPSA) is 56.8 Å². The van der Waals surface area contributed by atoms with Crippen LogP contribution in [0, 0.1) is 0 Å². The molecule has 0 aromatic heterocycles. The largest absolute Gasteiger partial charge is 0.385 e. The number of carbonyl (C=O) groups is 1. The van der Waals surface area contributed by atoms with Gasteiger partial charge in [-0.25, -0.2) is 0 Å². The summed E-state index contributed by atoms with van der Waals surface area (Å²) in [6, 6.07) is 8.09. The molecule has 1 saturated heterocycles. The second-order valence-electron chi connectivity index (χ2n) is 5.91. The number of ether oxygens (including phenoxy) is 1. The number of carbonyl (C=O) groups excluding carboxylic acids is 1. The van der Waals surface area contributed by atoms with Crippen LogP contribution in [0.25, 0.3) is 0 Å². The van der Waals surface area contributed by atoms with Crippen LogP contribution in [-0.2, 0) is 9.53 Å². The Kier molecular flexibility index (Phi) is 7.32. The number of anilines is 2. The lowest BCUT2D eigenvalue weighted by atomic mass is 10.2. The fourth-order valence-corrected chi connectivity index (χ4v) is 2.57. The molecule has 0 unspecified atom stereocenters. The van der Waals surface area contributed by atoms with E-state index in [1.165, 1.54) is 5.69 Å². The second-order valence-corrected chi connectivity index (χ2v) is 5.91. The van der Waals surface area contributed by atoms with Gasteiger partial charge in [0.25, 0.3) is 0 Å². The summed E-state index contributed by atoms with van der Waals surface area (Å²) in [5.41, 5.74) is 2.06. The van der Waals surface area contributed by atoms with E-state index in [9.17, 15) is 4.79 Å². The summed E-state index contributed by atoms with van der Waals surface area (Å²) in [5, 5.41) is 6.01. The smallest absolute Gasteiger partial charge is 0.238 e. The van der Waals surface area contributed by atoms with Gasteiger partial charge in [-0.2, -0.15) is 0 Å². The SMILES string of the molecule is COCCCNCC(=O)Nc1ccc(N2CCN(C)CC2)cc1. The van der Waals surface area contributed by atoms with Crippen molar-refractivity contribution in [2.24, 2.45) is 0 Å². The van der Waals surface area contributed by atoms with E-state index in [4.69, 9.17) is 4.74 Å². The standard InChI is InChI=1S/C17H28N4O2/c1-20-9-11-21(12-10-20)16-6-4-15(5-7-16)19-17(22)14-18-8-3-13-23-2/h4-7,18H,3,8-14H2,1-2H3,(H,19,22). The number of nitrogens with one attached hydrogen (secondary N) is 2. The molecule has 0 spiro atoms. The van der Waals surface area contributed by atoms with Gasteiger partial charge in [-0.15, -0.1) is 0 Å². The van der Waals surface area contributed by atoms with Gasteiger partial charge in [-0.05, 0) is 44.3 Å². The average molecular weight is 320 g/mol. The van der Waals surface area contributed by atoms with E-state index in [2.05, 4.69) is 39.6 Å². The van der Waals surface area contributed by atoms with E-state index in [-0.39, 0.29) is 5.91 Å². The van der Waals surface area contributed by atoms with E-state index < -0.39 is 0 Å². The highest BCUT2D eigenvalue weighted by molar-refractivity contribution is 5.92. The van der Waals surface area contributed by atoms with E-state index in [1.807, 2.05) is 12.1 Å². The Morgan fingerprint density at radius 1 is 1.17 bits per heavy atom. The zero-order valence-electron chi connectivity index (χ0n) is 14.2. The van der Waals surface area contributed by atoms with E-state index in [1.54, 1.807) is 7.11 Å². The Labute approximate surface area is 138 Å². The number of benzene rings is 1. The lowest BCUT2D eigenvalue weighted by Gasteiger charge is -2.34. The molecule has 1 fully saturated rings. The Balaban J connectivity index is 1.73. The van der Waals surface area contributed by atoms with Gasteiger partial charge in [0, 0.05) is 51.3 Å². The first-order valence-electron chi connectivity index (χ1n) is 8.22. The third kappa shape index (κ3) is 6.17. The van der Waals surface area contributed by atoms with Gasteiger partial charge in [0.15, 0.2) is 0 Å². The predicted molar refractivity (Wildman–Crippen MR) is 94.1 cm³/mol. The summed E-state index contributed by atoms with van der Waals surface area (Å²) >= 11 is 0. The van der Waals surface area contributed by atoms with Gasteiger partial charge in [-0.1, -0.05) is 0 Å². The monoisotopic (exact) mass is 320 g/mol. The van der Waals surface area contributed by atoms with Crippen molar-refractivity contribution in [2.45, 2.75) is 6.42 Å². The Morgan fingerprint density at radius 3 is 2.52 bits per heavy atom. The second kappa shape index (κ2) is 9.50. The Bertz CT molecular complexity index is 470. The highest BCUT2D eigenvalue weighted by atomic mass is 16.5. The minimum Gasteiger partial charge on any atom is -0.385 e. The zero-order chi connectivity index (χ0) is 16.5. The van der Waals surface area contributed by atoms with Crippen LogP contribution in [-0.4, -0.2) is 70.8 Å². The lowest BCUT2D eigenvalue weighted by molar-refractivity contribution is -0.115. The molecule has 6 nitrogen and oxygen atoms in total. The summed E-state index contributed by atoms with van der Waals surface area (Å²) in [6.07, 6.45) is 0.906. The van der Waals surface area contributed by atoms with Crippen LogP contribution < -0.4 is 15.5 Å². The van der Waals surface area contributed by atoms with Crippen molar-refractivity contribution in [1.82, 2.24) is 10.2 Å². The molecule has 0 saturated carbocycles. The van der Waals surface area contributed by atoms with Crippen molar-refractivity contribution < 1.29 is 9.53 Å². The maximum Gasteiger partial charge on any atom is 0.238 e. The van der Waals surface area contributed by atoms with Crippen LogP contribution >= 0.6 is 0 Å². The van der Waals surface area contributed by atoms with Crippen LogP contribution in [0.4, 0.5) is 11.4 Å². The van der Waals surface area contributed by atoms with Crippen LogP contribution in [0.2, 0.25) is 0 Å². The molecular formula is C17H28N4O2. The molecule has 0 atom stereocenters. The number of hydrogen-bond donors (Lipinski definition) is 2. The Morgan fingerprint density at radius 2 is 1.87 bits per heavy atom. The highest BCUT2D eigenvalue weighted by Gasteiger charge is 2.14. The molecule has 1 aliphatic rings. The average Bonchev–Trinajstić information content (AvgIpc) is 2.56. The zero-order valence-corrected chi connectivity index (χ0v) is 14.2. The molecule has 6 heteroatoms. The third-order valence-electron chi connectivity index (χ3n) is 4.01. The van der Waals surface area contributed by atoms with Gasteiger partial charge in [0.2, 0.25) is 5.91 Å². The van der Waals surface area contributed by atoms with E-state index >= 15 is 0 Å². The minimum absolute atomic E-state index is 0.0187. The number of methoxy groups -OCH3 is 1. The van der Waals surface area contributed by atoms with Gasteiger partial charge in [0.1, 0.15) is 0 Å². The van der Waals surface area contributed by atoms with Crippen LogP contribution in [0.5, 0.6) is 0 Å². The molecule has 0 radical (unpaired) electrons. The minimum atomic E-state index is -0.0187. The van der Waals surface area contributed by atoms with Crippen molar-refractivity contribution in [3.63, 3.8) is 0 Å². The fraction of sp³-hybridized carbons (Fsp3) is 0.588. The summed E-state index contributed by atoms with van der Waals surface area (Å²) in [5.74, 6) is -0.0187. The molecule has 2 rings (SSSR count). The summed E-state index contributed by atoms with van der Waals surface area (Å²) < 4.78 is 4.96. The molecule has 1 aromatic carbocycles.